The van der Waals surface area contributed by atoms with Gasteiger partial charge in [-0.3, -0.25) is 9.48 Å². The molecule has 6 heteroatoms. The van der Waals surface area contributed by atoms with Gasteiger partial charge in [0.25, 0.3) is 0 Å². The number of aromatic nitrogens is 2. The third kappa shape index (κ3) is 3.22. The molecule has 0 bridgehead atoms. The number of halogens is 1. The van der Waals surface area contributed by atoms with Gasteiger partial charge in [0.2, 0.25) is 0 Å². The summed E-state index contributed by atoms with van der Waals surface area (Å²) in [6, 6.07) is 0.197. The topological polar surface area (TPSA) is 34.9 Å². The number of ketones is 1. The number of nitrogens with zero attached hydrogens (tertiary/aromatic N) is 2. The van der Waals surface area contributed by atoms with Crippen molar-refractivity contribution in [3.05, 3.63) is 16.4 Å². The Morgan fingerprint density at radius 3 is 2.74 bits per heavy atom. The number of carbonyl (C=O) groups excluding carboxylic acids is 1. The van der Waals surface area contributed by atoms with Crippen molar-refractivity contribution in [3.8, 4) is 0 Å². The van der Waals surface area contributed by atoms with E-state index in [1.165, 1.54) is 0 Å². The van der Waals surface area contributed by atoms with E-state index in [2.05, 4.69) is 34.9 Å². The van der Waals surface area contributed by atoms with Crippen LogP contribution in [0.25, 0.3) is 0 Å². The largest absolute Gasteiger partial charge is 0.291 e. The van der Waals surface area contributed by atoms with Gasteiger partial charge < -0.3 is 0 Å². The van der Waals surface area contributed by atoms with Crippen LogP contribution in [-0.4, -0.2) is 37.1 Å². The third-order valence-corrected chi connectivity index (χ3v) is 7.29. The van der Waals surface area contributed by atoms with Crippen molar-refractivity contribution in [2.45, 2.75) is 49.5 Å². The Labute approximate surface area is 131 Å². The Morgan fingerprint density at radius 1 is 1.47 bits per heavy atom. The van der Waals surface area contributed by atoms with E-state index in [0.29, 0.717) is 10.5 Å². The van der Waals surface area contributed by atoms with Crippen molar-refractivity contribution in [1.82, 2.24) is 9.78 Å². The van der Waals surface area contributed by atoms with Crippen LogP contribution in [0.2, 0.25) is 0 Å². The van der Waals surface area contributed by atoms with Crippen molar-refractivity contribution in [2.24, 2.45) is 0 Å². The minimum Gasteiger partial charge on any atom is -0.291 e. The molecule has 3 unspecified atom stereocenters. The number of rotatable bonds is 3. The average molecular weight is 363 g/mol. The highest BCUT2D eigenvalue weighted by molar-refractivity contribution is 9.10. The molecule has 0 radical (unpaired) electrons. The Bertz CT molecular complexity index is 475. The van der Waals surface area contributed by atoms with Crippen LogP contribution in [0.1, 0.15) is 44.2 Å². The predicted molar refractivity (Wildman–Crippen MR) is 87.4 cm³/mol. The van der Waals surface area contributed by atoms with Crippen LogP contribution < -0.4 is 0 Å². The lowest BCUT2D eigenvalue weighted by Gasteiger charge is -2.30. The molecule has 0 spiro atoms. The van der Waals surface area contributed by atoms with Crippen LogP contribution in [0.15, 0.2) is 10.7 Å². The zero-order valence-electron chi connectivity index (χ0n) is 11.6. The number of carbonyl (C=O) groups is 1. The monoisotopic (exact) mass is 362 g/mol. The van der Waals surface area contributed by atoms with Gasteiger partial charge in [-0.15, -0.1) is 11.8 Å². The van der Waals surface area contributed by atoms with Gasteiger partial charge in [-0.2, -0.15) is 16.9 Å². The lowest BCUT2D eigenvalue weighted by atomic mass is 10.2. The van der Waals surface area contributed by atoms with E-state index in [1.807, 2.05) is 30.3 Å². The molecule has 1 aromatic rings. The van der Waals surface area contributed by atoms with E-state index in [0.717, 1.165) is 15.9 Å². The quantitative estimate of drug-likeness (QED) is 0.760. The van der Waals surface area contributed by atoms with Gasteiger partial charge in [0.1, 0.15) is 5.69 Å². The Kier molecular flexibility index (Phi) is 5.06. The lowest BCUT2D eigenvalue weighted by Crippen LogP contribution is -2.33. The number of hydrogen-bond donors (Lipinski definition) is 0. The van der Waals surface area contributed by atoms with Crippen LogP contribution in [0, 0.1) is 0 Å². The summed E-state index contributed by atoms with van der Waals surface area (Å²) in [5.74, 6) is 1.10. The molecule has 1 aromatic heterocycles. The van der Waals surface area contributed by atoms with Crippen molar-refractivity contribution in [1.29, 1.82) is 0 Å². The maximum atomic E-state index is 12.7. The summed E-state index contributed by atoms with van der Waals surface area (Å²) in [4.78, 5) is 12.7. The SMILES string of the molecule is CC1SCC(C(=O)c2c(Br)cnn2C(C)C)SC1C. The molecular weight excluding hydrogens is 344 g/mol. The molecule has 1 saturated heterocycles. The van der Waals surface area contributed by atoms with E-state index in [4.69, 9.17) is 0 Å². The number of thioether (sulfide) groups is 2. The van der Waals surface area contributed by atoms with Crippen molar-refractivity contribution < 1.29 is 4.79 Å². The molecule has 0 N–H and O–H groups in total. The van der Waals surface area contributed by atoms with E-state index < -0.39 is 0 Å². The summed E-state index contributed by atoms with van der Waals surface area (Å²) in [7, 11) is 0. The fraction of sp³-hybridized carbons (Fsp3) is 0.692. The van der Waals surface area contributed by atoms with Gasteiger partial charge in [-0.25, -0.2) is 0 Å². The molecule has 0 amide bonds. The third-order valence-electron chi connectivity index (χ3n) is 3.32. The molecule has 3 nitrogen and oxygen atoms in total. The number of hydrogen-bond acceptors (Lipinski definition) is 4. The first-order chi connectivity index (χ1) is 8.91. The molecular formula is C13H19BrN2OS2. The van der Waals surface area contributed by atoms with E-state index in [9.17, 15) is 4.79 Å². The summed E-state index contributed by atoms with van der Waals surface area (Å²) >= 11 is 7.15. The van der Waals surface area contributed by atoms with Crippen LogP contribution in [0.5, 0.6) is 0 Å². The van der Waals surface area contributed by atoms with Crippen LogP contribution in [0.3, 0.4) is 0 Å². The fourth-order valence-corrected chi connectivity index (χ4v) is 5.36. The highest BCUT2D eigenvalue weighted by Gasteiger charge is 2.33. The van der Waals surface area contributed by atoms with Crippen LogP contribution in [-0.2, 0) is 0 Å². The molecule has 2 heterocycles. The van der Waals surface area contributed by atoms with Crippen molar-refractivity contribution in [2.75, 3.05) is 5.75 Å². The zero-order valence-corrected chi connectivity index (χ0v) is 14.8. The normalized spacial score (nSPS) is 27.8. The Balaban J connectivity index is 2.23. The summed E-state index contributed by atoms with van der Waals surface area (Å²) in [6.45, 7) is 8.53. The minimum atomic E-state index is 0.0432. The Morgan fingerprint density at radius 2 is 2.16 bits per heavy atom. The molecule has 3 atom stereocenters. The van der Waals surface area contributed by atoms with Gasteiger partial charge >= 0.3 is 0 Å². The maximum Gasteiger partial charge on any atom is 0.195 e. The first kappa shape index (κ1) is 15.4. The van der Waals surface area contributed by atoms with E-state index in [1.54, 1.807) is 18.0 Å². The smallest absolute Gasteiger partial charge is 0.195 e. The summed E-state index contributed by atoms with van der Waals surface area (Å²) in [5, 5.41) is 5.47. The molecule has 0 aliphatic carbocycles. The highest BCUT2D eigenvalue weighted by atomic mass is 79.9. The zero-order chi connectivity index (χ0) is 14.2. The molecule has 19 heavy (non-hydrogen) atoms. The van der Waals surface area contributed by atoms with Gasteiger partial charge in [-0.05, 0) is 29.8 Å². The van der Waals surface area contributed by atoms with Gasteiger partial charge in [-0.1, -0.05) is 13.8 Å². The van der Waals surface area contributed by atoms with Gasteiger partial charge in [0, 0.05) is 22.3 Å². The first-order valence-corrected chi connectivity index (χ1v) is 9.24. The Hall–Kier alpha value is 0.0600. The van der Waals surface area contributed by atoms with Gasteiger partial charge in [0.05, 0.1) is 15.9 Å². The lowest BCUT2D eigenvalue weighted by molar-refractivity contribution is 0.0982. The second-order valence-corrected chi connectivity index (χ2v) is 8.96. The summed E-state index contributed by atoms with van der Waals surface area (Å²) in [5.41, 5.74) is 0.717. The van der Waals surface area contributed by atoms with Gasteiger partial charge in [0.15, 0.2) is 5.78 Å². The molecule has 1 aliphatic heterocycles. The second-order valence-electron chi connectivity index (χ2n) is 5.11. The first-order valence-electron chi connectivity index (χ1n) is 6.46. The van der Waals surface area contributed by atoms with Crippen LogP contribution >= 0.6 is 39.5 Å². The molecule has 1 aliphatic rings. The second kappa shape index (κ2) is 6.22. The average Bonchev–Trinajstić information content (AvgIpc) is 2.74. The molecule has 2 rings (SSSR count). The molecule has 0 saturated carbocycles. The van der Waals surface area contributed by atoms with Crippen molar-refractivity contribution >= 4 is 45.2 Å². The fourth-order valence-electron chi connectivity index (χ4n) is 2.04. The van der Waals surface area contributed by atoms with Crippen LogP contribution in [0.4, 0.5) is 0 Å². The highest BCUT2D eigenvalue weighted by Crippen LogP contribution is 2.38. The standard InChI is InChI=1S/C13H19BrN2OS2/c1-7(2)16-12(10(14)5-15-16)13(17)11-6-18-8(3)9(4)19-11/h5,7-9,11H,6H2,1-4H3. The number of Topliss-reactive ketones (excluding diaryl/α,β-unsaturated/α-hetero) is 1. The summed E-state index contributed by atoms with van der Waals surface area (Å²) < 4.78 is 2.63. The van der Waals surface area contributed by atoms with Crippen molar-refractivity contribution in [3.63, 3.8) is 0 Å². The molecule has 1 fully saturated rings. The molecule has 106 valence electrons. The molecule has 0 aromatic carbocycles. The predicted octanol–water partition coefficient (Wildman–Crippen LogP) is 4.03. The maximum absolute atomic E-state index is 12.7. The van der Waals surface area contributed by atoms with E-state index in [-0.39, 0.29) is 17.1 Å². The summed E-state index contributed by atoms with van der Waals surface area (Å²) in [6.07, 6.45) is 1.72. The van der Waals surface area contributed by atoms with E-state index >= 15 is 0 Å². The minimum absolute atomic E-state index is 0.0432.